The van der Waals surface area contributed by atoms with E-state index in [9.17, 15) is 22.8 Å². The molecule has 12 heteroatoms. The van der Waals surface area contributed by atoms with Gasteiger partial charge in [-0.1, -0.05) is 41.9 Å². The van der Waals surface area contributed by atoms with Crippen LogP contribution >= 0.6 is 22.9 Å². The highest BCUT2D eigenvalue weighted by Crippen LogP contribution is 2.40. The average molecular weight is 591 g/mol. The fourth-order valence-electron chi connectivity index (χ4n) is 5.31. The minimum absolute atomic E-state index is 0.0701. The fraction of sp³-hybridized carbons (Fsp3) is 0.444. The van der Waals surface area contributed by atoms with Crippen molar-refractivity contribution < 1.29 is 22.8 Å². The van der Waals surface area contributed by atoms with Crippen LogP contribution in [0.2, 0.25) is 4.34 Å². The summed E-state index contributed by atoms with van der Waals surface area (Å²) in [5.74, 6) is -0.590. The number of hydrogen-bond acceptors (Lipinski definition) is 6. The van der Waals surface area contributed by atoms with Gasteiger partial charge in [0.15, 0.2) is 0 Å². The predicted octanol–water partition coefficient (Wildman–Crippen LogP) is 2.95. The van der Waals surface area contributed by atoms with Gasteiger partial charge in [0.25, 0.3) is 0 Å². The van der Waals surface area contributed by atoms with Crippen molar-refractivity contribution in [2.45, 2.75) is 56.1 Å². The highest BCUT2D eigenvalue weighted by atomic mass is 35.5. The average Bonchev–Trinajstić information content (AvgIpc) is 3.28. The van der Waals surface area contributed by atoms with Crippen molar-refractivity contribution in [3.63, 3.8) is 0 Å². The summed E-state index contributed by atoms with van der Waals surface area (Å²) in [6.07, 6.45) is 4.51. The Bertz CT molecular complexity index is 1360. The molecule has 3 heterocycles. The maximum absolute atomic E-state index is 13.2. The molecule has 2 aromatic rings. The van der Waals surface area contributed by atoms with Gasteiger partial charge in [-0.25, -0.2) is 8.42 Å². The number of halogens is 1. The number of carbonyl (C=O) groups excluding carboxylic acids is 3. The van der Waals surface area contributed by atoms with Crippen molar-refractivity contribution >= 4 is 56.8 Å². The lowest BCUT2D eigenvalue weighted by Crippen LogP contribution is -2.55. The first-order valence-corrected chi connectivity index (χ1v) is 15.8. The lowest BCUT2D eigenvalue weighted by molar-refractivity contribution is -0.145. The van der Waals surface area contributed by atoms with Gasteiger partial charge in [-0.15, -0.1) is 11.3 Å². The van der Waals surface area contributed by atoms with Crippen LogP contribution in [0.1, 0.15) is 48.5 Å². The molecule has 1 saturated carbocycles. The molecule has 0 spiro atoms. The molecule has 4 atom stereocenters. The van der Waals surface area contributed by atoms with Crippen molar-refractivity contribution in [2.24, 2.45) is 0 Å². The predicted molar refractivity (Wildman–Crippen MR) is 150 cm³/mol. The Kier molecular flexibility index (Phi) is 8.41. The first kappa shape index (κ1) is 27.8. The van der Waals surface area contributed by atoms with Gasteiger partial charge in [0.2, 0.25) is 27.7 Å². The summed E-state index contributed by atoms with van der Waals surface area (Å²) < 4.78 is 28.1. The van der Waals surface area contributed by atoms with Crippen molar-refractivity contribution in [3.8, 4) is 0 Å². The maximum atomic E-state index is 13.2. The molecule has 1 aromatic carbocycles. The molecule has 39 heavy (non-hydrogen) atoms. The number of amides is 3. The van der Waals surface area contributed by atoms with E-state index < -0.39 is 28.0 Å². The van der Waals surface area contributed by atoms with Crippen LogP contribution < -0.4 is 10.0 Å². The summed E-state index contributed by atoms with van der Waals surface area (Å²) in [6, 6.07) is 12.0. The second-order valence-corrected chi connectivity index (χ2v) is 13.5. The van der Waals surface area contributed by atoms with Gasteiger partial charge in [-0.05, 0) is 55.9 Å². The minimum Gasteiger partial charge on any atom is -0.351 e. The fourth-order valence-corrected chi connectivity index (χ4v) is 7.38. The number of sulfonamides is 1. The van der Waals surface area contributed by atoms with Crippen LogP contribution in [-0.4, -0.2) is 73.7 Å². The molecule has 1 aliphatic carbocycles. The Morgan fingerprint density at radius 1 is 1.08 bits per heavy atom. The molecule has 208 valence electrons. The largest absolute Gasteiger partial charge is 0.351 e. The van der Waals surface area contributed by atoms with Gasteiger partial charge in [0.1, 0.15) is 12.1 Å². The first-order valence-electron chi connectivity index (χ1n) is 13.1. The SMILES string of the molecule is O=C(N[C@H]1C[C@@H]1c1ccccc1)[C@@H]1CCCN1C(=O)CN1CCC[C@H](NS(=O)(=O)C=Cc2ccc(Cl)s2)C1=O. The first-order chi connectivity index (χ1) is 18.7. The molecule has 3 aliphatic rings. The molecule has 2 saturated heterocycles. The van der Waals surface area contributed by atoms with Crippen LogP contribution in [0.3, 0.4) is 0 Å². The standard InChI is InChI=1S/C27H31ClN4O5S2/c28-24-11-10-19(38-24)12-15-39(36,37)30-21-8-4-13-31(27(21)35)17-25(33)32-14-5-9-23(32)26(34)29-22-16-20(22)18-6-2-1-3-7-18/h1-3,6-7,10-12,15,20-23,30H,4-5,8-9,13-14,16-17H2,(H,29,34)/t20-,21+,22+,23+/m1/s1. The Morgan fingerprint density at radius 2 is 1.85 bits per heavy atom. The molecule has 9 nitrogen and oxygen atoms in total. The molecule has 0 unspecified atom stereocenters. The molecule has 2 aliphatic heterocycles. The van der Waals surface area contributed by atoms with Crippen molar-refractivity contribution in [1.82, 2.24) is 19.8 Å². The number of benzene rings is 1. The van der Waals surface area contributed by atoms with E-state index >= 15 is 0 Å². The van der Waals surface area contributed by atoms with Crippen molar-refractivity contribution in [3.05, 3.63) is 62.6 Å². The zero-order valence-corrected chi connectivity index (χ0v) is 23.7. The van der Waals surface area contributed by atoms with E-state index in [0.29, 0.717) is 47.5 Å². The van der Waals surface area contributed by atoms with Gasteiger partial charge in [0.05, 0.1) is 10.9 Å². The van der Waals surface area contributed by atoms with Crippen LogP contribution in [0.25, 0.3) is 6.08 Å². The van der Waals surface area contributed by atoms with Crippen molar-refractivity contribution in [1.29, 1.82) is 0 Å². The van der Waals surface area contributed by atoms with Crippen LogP contribution in [-0.2, 0) is 24.4 Å². The third-order valence-corrected chi connectivity index (χ3v) is 9.69. The minimum atomic E-state index is -3.88. The molecule has 3 amide bonds. The molecular weight excluding hydrogens is 560 g/mol. The maximum Gasteiger partial charge on any atom is 0.243 e. The molecule has 3 fully saturated rings. The topological polar surface area (TPSA) is 116 Å². The zero-order valence-electron chi connectivity index (χ0n) is 21.3. The van der Waals surface area contributed by atoms with Crippen LogP contribution in [0.15, 0.2) is 47.9 Å². The number of carbonyl (C=O) groups is 3. The van der Waals surface area contributed by atoms with E-state index in [4.69, 9.17) is 11.6 Å². The van der Waals surface area contributed by atoms with Crippen LogP contribution in [0.5, 0.6) is 0 Å². The number of thiophene rings is 1. The second-order valence-electron chi connectivity index (χ2n) is 10.2. The van der Waals surface area contributed by atoms with Gasteiger partial charge in [-0.3, -0.25) is 14.4 Å². The second kappa shape index (κ2) is 11.8. The third-order valence-electron chi connectivity index (χ3n) is 7.39. The number of piperidine rings is 1. The highest BCUT2D eigenvalue weighted by molar-refractivity contribution is 7.92. The van der Waals surface area contributed by atoms with E-state index in [-0.39, 0.29) is 24.4 Å². The summed E-state index contributed by atoms with van der Waals surface area (Å²) in [4.78, 5) is 43.0. The Hall–Kier alpha value is -2.73. The van der Waals surface area contributed by atoms with E-state index in [1.807, 2.05) is 18.2 Å². The van der Waals surface area contributed by atoms with E-state index in [0.717, 1.165) is 18.2 Å². The smallest absolute Gasteiger partial charge is 0.243 e. The molecule has 0 radical (unpaired) electrons. The third kappa shape index (κ3) is 6.89. The zero-order chi connectivity index (χ0) is 27.6. The lowest BCUT2D eigenvalue weighted by Gasteiger charge is -2.33. The van der Waals surface area contributed by atoms with Gasteiger partial charge in [0, 0.05) is 35.3 Å². The molecule has 1 aromatic heterocycles. The quantitative estimate of drug-likeness (QED) is 0.466. The Morgan fingerprint density at radius 3 is 2.59 bits per heavy atom. The Balaban J connectivity index is 1.14. The molecular formula is C27H31ClN4O5S2. The lowest BCUT2D eigenvalue weighted by atomic mass is 10.1. The van der Waals surface area contributed by atoms with Gasteiger partial charge >= 0.3 is 0 Å². The Labute approximate surface area is 237 Å². The number of hydrogen-bond donors (Lipinski definition) is 2. The molecule has 5 rings (SSSR count). The van der Waals surface area contributed by atoms with Crippen molar-refractivity contribution in [2.75, 3.05) is 19.6 Å². The normalized spacial score (nSPS) is 25.3. The van der Waals surface area contributed by atoms with E-state index in [2.05, 4.69) is 22.2 Å². The summed E-state index contributed by atoms with van der Waals surface area (Å²) in [6.45, 7) is 0.637. The van der Waals surface area contributed by atoms with Gasteiger partial charge in [-0.2, -0.15) is 4.72 Å². The van der Waals surface area contributed by atoms with Crippen LogP contribution in [0, 0.1) is 0 Å². The van der Waals surface area contributed by atoms with Gasteiger partial charge < -0.3 is 15.1 Å². The van der Waals surface area contributed by atoms with E-state index in [1.165, 1.54) is 27.9 Å². The highest BCUT2D eigenvalue weighted by Gasteiger charge is 2.43. The summed E-state index contributed by atoms with van der Waals surface area (Å²) >= 11 is 7.13. The number of nitrogens with zero attached hydrogens (tertiary/aromatic N) is 2. The monoisotopic (exact) mass is 590 g/mol. The number of nitrogens with one attached hydrogen (secondary N) is 2. The molecule has 0 bridgehead atoms. The van der Waals surface area contributed by atoms with E-state index in [1.54, 1.807) is 17.0 Å². The summed E-state index contributed by atoms with van der Waals surface area (Å²) in [7, 11) is -3.88. The number of rotatable bonds is 9. The molecule has 2 N–H and O–H groups in total. The van der Waals surface area contributed by atoms with Crippen LogP contribution in [0.4, 0.5) is 0 Å². The summed E-state index contributed by atoms with van der Waals surface area (Å²) in [5.41, 5.74) is 1.20. The number of likely N-dealkylation sites (tertiary alicyclic amines) is 2. The summed E-state index contributed by atoms with van der Waals surface area (Å²) in [5, 5.41) is 4.11.